The summed E-state index contributed by atoms with van der Waals surface area (Å²) in [4.78, 5) is 24.8. The van der Waals surface area contributed by atoms with Crippen molar-refractivity contribution in [3.8, 4) is 5.75 Å². The molecule has 174 valence electrons. The molecule has 33 heavy (non-hydrogen) atoms. The molecule has 0 spiro atoms. The van der Waals surface area contributed by atoms with Crippen LogP contribution in [0, 0.1) is 13.8 Å². The lowest BCUT2D eigenvalue weighted by Gasteiger charge is -2.10. The predicted octanol–water partition coefficient (Wildman–Crippen LogP) is 3.63. The number of aryl methyl sites for hydroxylation is 2. The van der Waals surface area contributed by atoms with Crippen LogP contribution in [0.25, 0.3) is 0 Å². The summed E-state index contributed by atoms with van der Waals surface area (Å²) in [7, 11) is 1.59. The monoisotopic (exact) mass is 467 g/mol. The maximum absolute atomic E-state index is 12.4. The van der Waals surface area contributed by atoms with Gasteiger partial charge in [-0.25, -0.2) is 0 Å². The zero-order chi connectivity index (χ0) is 23.8. The standard InChI is InChI=1S/C24H29N5O3S/c1-5-29-21(12-13-25-23(31)18-8-10-19(32-4)11-9-18)27-28-24(29)33-15-22(30)26-20-14-16(2)6-7-17(20)3/h6-11,14H,5,12-13,15H2,1-4H3,(H,25,31)(H,26,30). The maximum atomic E-state index is 12.4. The van der Waals surface area contributed by atoms with Gasteiger partial charge in [0.25, 0.3) is 5.91 Å². The second-order valence-electron chi connectivity index (χ2n) is 7.53. The quantitative estimate of drug-likeness (QED) is 0.442. The summed E-state index contributed by atoms with van der Waals surface area (Å²) in [6.45, 7) is 7.07. The minimum atomic E-state index is -0.155. The van der Waals surface area contributed by atoms with E-state index >= 15 is 0 Å². The normalized spacial score (nSPS) is 10.7. The highest BCUT2D eigenvalue weighted by Crippen LogP contribution is 2.20. The lowest BCUT2D eigenvalue weighted by molar-refractivity contribution is -0.113. The molecule has 0 aliphatic heterocycles. The molecule has 0 unspecified atom stereocenters. The van der Waals surface area contributed by atoms with Gasteiger partial charge < -0.3 is 19.9 Å². The third kappa shape index (κ3) is 6.58. The summed E-state index contributed by atoms with van der Waals surface area (Å²) >= 11 is 1.35. The molecule has 0 radical (unpaired) electrons. The highest BCUT2D eigenvalue weighted by molar-refractivity contribution is 7.99. The van der Waals surface area contributed by atoms with Crippen molar-refractivity contribution in [2.24, 2.45) is 0 Å². The van der Waals surface area contributed by atoms with Crippen LogP contribution >= 0.6 is 11.8 Å². The second-order valence-corrected chi connectivity index (χ2v) is 8.48. The van der Waals surface area contributed by atoms with Gasteiger partial charge in [-0.1, -0.05) is 23.9 Å². The number of nitrogens with one attached hydrogen (secondary N) is 2. The first-order valence-corrected chi connectivity index (χ1v) is 11.7. The number of rotatable bonds is 10. The molecule has 2 amide bonds. The molecule has 8 nitrogen and oxygen atoms in total. The number of carbonyl (C=O) groups is 2. The summed E-state index contributed by atoms with van der Waals surface area (Å²) in [5.74, 6) is 1.46. The van der Waals surface area contributed by atoms with Crippen molar-refractivity contribution >= 4 is 29.3 Å². The van der Waals surface area contributed by atoms with Crippen LogP contribution in [0.4, 0.5) is 5.69 Å². The van der Waals surface area contributed by atoms with Crippen LogP contribution in [0.5, 0.6) is 5.75 Å². The third-order valence-corrected chi connectivity index (χ3v) is 6.06. The Labute approximate surface area is 198 Å². The fourth-order valence-electron chi connectivity index (χ4n) is 3.25. The zero-order valence-corrected chi connectivity index (χ0v) is 20.2. The summed E-state index contributed by atoms with van der Waals surface area (Å²) in [6, 6.07) is 12.9. The van der Waals surface area contributed by atoms with E-state index in [4.69, 9.17) is 4.74 Å². The topological polar surface area (TPSA) is 98.1 Å². The van der Waals surface area contributed by atoms with E-state index in [1.807, 2.05) is 43.5 Å². The first-order valence-electron chi connectivity index (χ1n) is 10.8. The summed E-state index contributed by atoms with van der Waals surface area (Å²) in [6.07, 6.45) is 0.540. The average molecular weight is 468 g/mol. The molecule has 2 N–H and O–H groups in total. The van der Waals surface area contributed by atoms with Gasteiger partial charge in [0.2, 0.25) is 5.91 Å². The van der Waals surface area contributed by atoms with Crippen molar-refractivity contribution in [1.82, 2.24) is 20.1 Å². The molecule has 0 aliphatic carbocycles. The van der Waals surface area contributed by atoms with Gasteiger partial charge in [-0.3, -0.25) is 9.59 Å². The first-order chi connectivity index (χ1) is 15.9. The number of ether oxygens (including phenoxy) is 1. The highest BCUT2D eigenvalue weighted by Gasteiger charge is 2.14. The SMILES string of the molecule is CCn1c(CCNC(=O)c2ccc(OC)cc2)nnc1SCC(=O)Nc1cc(C)ccc1C. The Hall–Kier alpha value is -3.33. The molecule has 0 bridgehead atoms. The van der Waals surface area contributed by atoms with Crippen LogP contribution in [0.15, 0.2) is 47.6 Å². The Morgan fingerprint density at radius 3 is 2.55 bits per heavy atom. The van der Waals surface area contributed by atoms with E-state index in [0.717, 1.165) is 22.6 Å². The smallest absolute Gasteiger partial charge is 0.251 e. The van der Waals surface area contributed by atoms with Gasteiger partial charge in [0.1, 0.15) is 11.6 Å². The van der Waals surface area contributed by atoms with Gasteiger partial charge in [0, 0.05) is 30.8 Å². The van der Waals surface area contributed by atoms with E-state index in [1.165, 1.54) is 11.8 Å². The van der Waals surface area contributed by atoms with E-state index in [2.05, 4.69) is 20.8 Å². The molecule has 0 saturated heterocycles. The Morgan fingerprint density at radius 1 is 1.09 bits per heavy atom. The molecule has 0 saturated carbocycles. The largest absolute Gasteiger partial charge is 0.497 e. The van der Waals surface area contributed by atoms with Crippen LogP contribution in [0.1, 0.15) is 34.2 Å². The van der Waals surface area contributed by atoms with E-state index in [1.54, 1.807) is 31.4 Å². The van der Waals surface area contributed by atoms with Crippen molar-refractivity contribution < 1.29 is 14.3 Å². The average Bonchev–Trinajstić information content (AvgIpc) is 3.21. The number of thioether (sulfide) groups is 1. The minimum Gasteiger partial charge on any atom is -0.497 e. The van der Waals surface area contributed by atoms with E-state index in [0.29, 0.717) is 36.0 Å². The number of nitrogens with zero attached hydrogens (tertiary/aromatic N) is 3. The molecule has 9 heteroatoms. The number of benzene rings is 2. The van der Waals surface area contributed by atoms with Crippen LogP contribution in [-0.4, -0.2) is 46.0 Å². The zero-order valence-electron chi connectivity index (χ0n) is 19.3. The lowest BCUT2D eigenvalue weighted by atomic mass is 10.1. The van der Waals surface area contributed by atoms with Gasteiger partial charge in [0.05, 0.1) is 12.9 Å². The molecule has 0 atom stereocenters. The van der Waals surface area contributed by atoms with Crippen molar-refractivity contribution in [1.29, 1.82) is 0 Å². The van der Waals surface area contributed by atoms with Gasteiger partial charge in [0.15, 0.2) is 5.16 Å². The lowest BCUT2D eigenvalue weighted by Crippen LogP contribution is -2.26. The number of aromatic nitrogens is 3. The number of hydrogen-bond acceptors (Lipinski definition) is 6. The summed E-state index contributed by atoms with van der Waals surface area (Å²) in [5.41, 5.74) is 3.51. The number of carbonyl (C=O) groups excluding carboxylic acids is 2. The van der Waals surface area contributed by atoms with Crippen molar-refractivity contribution in [3.63, 3.8) is 0 Å². The van der Waals surface area contributed by atoms with Crippen LogP contribution < -0.4 is 15.4 Å². The second kappa shape index (κ2) is 11.5. The molecular weight excluding hydrogens is 438 g/mol. The van der Waals surface area contributed by atoms with Gasteiger partial charge in [-0.05, 0) is 62.2 Å². The van der Waals surface area contributed by atoms with E-state index in [-0.39, 0.29) is 17.6 Å². The fraction of sp³-hybridized carbons (Fsp3) is 0.333. The highest BCUT2D eigenvalue weighted by atomic mass is 32.2. The Kier molecular flexibility index (Phi) is 8.48. The van der Waals surface area contributed by atoms with Crippen molar-refractivity contribution in [2.45, 2.75) is 38.9 Å². The molecule has 0 fully saturated rings. The molecule has 3 rings (SSSR count). The van der Waals surface area contributed by atoms with Crippen molar-refractivity contribution in [3.05, 3.63) is 65.0 Å². The van der Waals surface area contributed by atoms with Crippen LogP contribution in [0.2, 0.25) is 0 Å². The summed E-state index contributed by atoms with van der Waals surface area (Å²) < 4.78 is 7.08. The predicted molar refractivity (Wildman–Crippen MR) is 130 cm³/mol. The Morgan fingerprint density at radius 2 is 1.85 bits per heavy atom. The molecule has 1 heterocycles. The number of amides is 2. The maximum Gasteiger partial charge on any atom is 0.251 e. The fourth-order valence-corrected chi connectivity index (χ4v) is 4.07. The molecule has 2 aromatic carbocycles. The molecule has 1 aromatic heterocycles. The van der Waals surface area contributed by atoms with E-state index in [9.17, 15) is 9.59 Å². The van der Waals surface area contributed by atoms with Gasteiger partial charge in [-0.2, -0.15) is 0 Å². The van der Waals surface area contributed by atoms with Crippen LogP contribution in [-0.2, 0) is 17.8 Å². The Balaban J connectivity index is 1.52. The number of methoxy groups -OCH3 is 1. The van der Waals surface area contributed by atoms with Gasteiger partial charge >= 0.3 is 0 Å². The first kappa shape index (κ1) is 24.3. The minimum absolute atomic E-state index is 0.0901. The Bertz CT molecular complexity index is 1110. The molecule has 0 aliphatic rings. The molecule has 3 aromatic rings. The van der Waals surface area contributed by atoms with Crippen molar-refractivity contribution in [2.75, 3.05) is 24.7 Å². The summed E-state index contributed by atoms with van der Waals surface area (Å²) in [5, 5.41) is 15.1. The van der Waals surface area contributed by atoms with Crippen LogP contribution in [0.3, 0.4) is 0 Å². The number of anilines is 1. The number of hydrogen-bond donors (Lipinski definition) is 2. The third-order valence-electron chi connectivity index (χ3n) is 5.10. The molecular formula is C24H29N5O3S. The van der Waals surface area contributed by atoms with E-state index < -0.39 is 0 Å². The van der Waals surface area contributed by atoms with Gasteiger partial charge in [-0.15, -0.1) is 10.2 Å².